The number of nitrogens with zero attached hydrogens (tertiary/aromatic N) is 1. The first-order chi connectivity index (χ1) is 7.43. The van der Waals surface area contributed by atoms with Crippen LogP contribution in [0.2, 0.25) is 0 Å². The van der Waals surface area contributed by atoms with Crippen molar-refractivity contribution in [1.29, 1.82) is 0 Å². The second-order valence-corrected chi connectivity index (χ2v) is 3.34. The van der Waals surface area contributed by atoms with Gasteiger partial charge in [-0.3, -0.25) is 0 Å². The number of para-hydroxylation sites is 2. The second-order valence-electron chi connectivity index (χ2n) is 3.34. The summed E-state index contributed by atoms with van der Waals surface area (Å²) in [5, 5.41) is 0. The second kappa shape index (κ2) is 3.31. The quantitative estimate of drug-likeness (QED) is 0.768. The van der Waals surface area contributed by atoms with Gasteiger partial charge >= 0.3 is 0 Å². The van der Waals surface area contributed by atoms with E-state index in [9.17, 15) is 0 Å². The number of hydrogen-bond donors (Lipinski definition) is 1. The van der Waals surface area contributed by atoms with E-state index in [4.69, 9.17) is 9.47 Å². The Bertz CT molecular complexity index is 453. The van der Waals surface area contributed by atoms with Crippen molar-refractivity contribution in [3.8, 4) is 11.5 Å². The van der Waals surface area contributed by atoms with Gasteiger partial charge in [0.2, 0.25) is 0 Å². The van der Waals surface area contributed by atoms with Gasteiger partial charge in [-0.1, -0.05) is 12.1 Å². The van der Waals surface area contributed by atoms with E-state index in [0.29, 0.717) is 6.61 Å². The van der Waals surface area contributed by atoms with Crippen LogP contribution >= 0.6 is 0 Å². The number of H-pyrrole nitrogens is 1. The number of aromatic amines is 1. The molecule has 0 bridgehead atoms. The van der Waals surface area contributed by atoms with Gasteiger partial charge in [0.05, 0.1) is 0 Å². The molecule has 0 saturated heterocycles. The fourth-order valence-electron chi connectivity index (χ4n) is 1.61. The van der Waals surface area contributed by atoms with Crippen LogP contribution in [0, 0.1) is 0 Å². The van der Waals surface area contributed by atoms with Crippen molar-refractivity contribution >= 4 is 0 Å². The van der Waals surface area contributed by atoms with E-state index in [1.54, 1.807) is 12.4 Å². The zero-order valence-corrected chi connectivity index (χ0v) is 8.01. The summed E-state index contributed by atoms with van der Waals surface area (Å²) in [4.78, 5) is 7.17. The molecular formula is C11H10N2O2. The minimum Gasteiger partial charge on any atom is -0.485 e. The maximum atomic E-state index is 5.76. The molecule has 2 aromatic rings. The maximum absolute atomic E-state index is 5.76. The maximum Gasteiger partial charge on any atom is 0.190 e. The van der Waals surface area contributed by atoms with Crippen molar-refractivity contribution in [3.05, 3.63) is 42.5 Å². The smallest absolute Gasteiger partial charge is 0.190 e. The topological polar surface area (TPSA) is 47.1 Å². The average molecular weight is 202 g/mol. The number of rotatable bonds is 1. The molecule has 0 amide bonds. The lowest BCUT2D eigenvalue weighted by atomic mass is 10.2. The van der Waals surface area contributed by atoms with Crippen LogP contribution in [0.25, 0.3) is 0 Å². The molecular weight excluding hydrogens is 192 g/mol. The van der Waals surface area contributed by atoms with Gasteiger partial charge < -0.3 is 14.5 Å². The van der Waals surface area contributed by atoms with Crippen molar-refractivity contribution in [2.75, 3.05) is 6.61 Å². The molecule has 0 fully saturated rings. The van der Waals surface area contributed by atoms with Gasteiger partial charge in [0.15, 0.2) is 23.4 Å². The Balaban J connectivity index is 1.89. The first kappa shape index (κ1) is 8.35. The molecule has 4 heteroatoms. The third-order valence-electron chi connectivity index (χ3n) is 2.33. The van der Waals surface area contributed by atoms with E-state index >= 15 is 0 Å². The molecule has 1 atom stereocenters. The molecule has 0 aliphatic carbocycles. The minimum absolute atomic E-state index is 0.144. The number of hydrogen-bond acceptors (Lipinski definition) is 3. The molecule has 0 saturated carbocycles. The fourth-order valence-corrected chi connectivity index (χ4v) is 1.61. The van der Waals surface area contributed by atoms with E-state index in [-0.39, 0.29) is 6.10 Å². The standard InChI is InChI=1S/C11H10N2O2/c1-2-4-9-8(3-1)14-7-10(15-9)11-12-5-6-13-11/h1-6,10H,7H2,(H,12,13). The Kier molecular flexibility index (Phi) is 1.84. The summed E-state index contributed by atoms with van der Waals surface area (Å²) >= 11 is 0. The first-order valence-corrected chi connectivity index (χ1v) is 4.81. The Morgan fingerprint density at radius 2 is 2.13 bits per heavy atom. The summed E-state index contributed by atoms with van der Waals surface area (Å²) in [5.41, 5.74) is 0. The van der Waals surface area contributed by atoms with Crippen molar-refractivity contribution in [2.45, 2.75) is 6.10 Å². The number of fused-ring (bicyclic) bond motifs is 1. The van der Waals surface area contributed by atoms with Crippen molar-refractivity contribution in [1.82, 2.24) is 9.97 Å². The average Bonchev–Trinajstić information content (AvgIpc) is 2.82. The summed E-state index contributed by atoms with van der Waals surface area (Å²) in [5.74, 6) is 2.36. The fraction of sp³-hybridized carbons (Fsp3) is 0.182. The van der Waals surface area contributed by atoms with Gasteiger partial charge in [-0.2, -0.15) is 0 Å². The van der Waals surface area contributed by atoms with Gasteiger partial charge in [-0.15, -0.1) is 0 Å². The molecule has 15 heavy (non-hydrogen) atoms. The Morgan fingerprint density at radius 1 is 1.27 bits per heavy atom. The van der Waals surface area contributed by atoms with Crippen LogP contribution in [0.3, 0.4) is 0 Å². The Labute approximate surface area is 86.9 Å². The van der Waals surface area contributed by atoms with Gasteiger partial charge in [0.1, 0.15) is 6.61 Å². The predicted molar refractivity (Wildman–Crippen MR) is 53.9 cm³/mol. The zero-order chi connectivity index (χ0) is 10.1. The largest absolute Gasteiger partial charge is 0.485 e. The monoisotopic (exact) mass is 202 g/mol. The van der Waals surface area contributed by atoms with Crippen LogP contribution in [-0.4, -0.2) is 16.6 Å². The first-order valence-electron chi connectivity index (χ1n) is 4.81. The molecule has 0 radical (unpaired) electrons. The third kappa shape index (κ3) is 1.44. The molecule has 2 heterocycles. The van der Waals surface area contributed by atoms with Crippen molar-refractivity contribution < 1.29 is 9.47 Å². The molecule has 3 rings (SSSR count). The molecule has 1 aliphatic heterocycles. The van der Waals surface area contributed by atoms with E-state index < -0.39 is 0 Å². The normalized spacial score (nSPS) is 18.8. The van der Waals surface area contributed by atoms with Crippen LogP contribution in [0.5, 0.6) is 11.5 Å². The Morgan fingerprint density at radius 3 is 2.93 bits per heavy atom. The van der Waals surface area contributed by atoms with Crippen LogP contribution in [0.15, 0.2) is 36.7 Å². The van der Waals surface area contributed by atoms with Gasteiger partial charge in [0.25, 0.3) is 0 Å². The molecule has 76 valence electrons. The SMILES string of the molecule is c1ccc2c(c1)OCC(c1ncc[nH]1)O2. The summed E-state index contributed by atoms with van der Waals surface area (Å²) in [6.07, 6.45) is 3.34. The van der Waals surface area contributed by atoms with E-state index in [1.165, 1.54) is 0 Å². The number of aromatic nitrogens is 2. The number of benzene rings is 1. The van der Waals surface area contributed by atoms with E-state index in [2.05, 4.69) is 9.97 Å². The van der Waals surface area contributed by atoms with Crippen molar-refractivity contribution in [2.24, 2.45) is 0 Å². The Hall–Kier alpha value is -1.97. The predicted octanol–water partition coefficient (Wildman–Crippen LogP) is 1.92. The molecule has 1 aromatic carbocycles. The molecule has 4 nitrogen and oxygen atoms in total. The van der Waals surface area contributed by atoms with Gasteiger partial charge in [-0.05, 0) is 12.1 Å². The highest BCUT2D eigenvalue weighted by Crippen LogP contribution is 2.34. The zero-order valence-electron chi connectivity index (χ0n) is 8.01. The van der Waals surface area contributed by atoms with Gasteiger partial charge in [0, 0.05) is 12.4 Å². The number of nitrogens with one attached hydrogen (secondary N) is 1. The summed E-state index contributed by atoms with van der Waals surface area (Å²) < 4.78 is 11.3. The minimum atomic E-state index is -0.144. The summed E-state index contributed by atoms with van der Waals surface area (Å²) in [6, 6.07) is 7.64. The molecule has 1 N–H and O–H groups in total. The molecule has 1 aromatic heterocycles. The lowest BCUT2D eigenvalue weighted by Gasteiger charge is -2.24. The number of ether oxygens (including phenoxy) is 2. The van der Waals surface area contributed by atoms with Gasteiger partial charge in [-0.25, -0.2) is 4.98 Å². The van der Waals surface area contributed by atoms with Crippen molar-refractivity contribution in [3.63, 3.8) is 0 Å². The van der Waals surface area contributed by atoms with Crippen LogP contribution in [0.1, 0.15) is 11.9 Å². The molecule has 1 aliphatic rings. The highest BCUT2D eigenvalue weighted by molar-refractivity contribution is 5.40. The highest BCUT2D eigenvalue weighted by Gasteiger charge is 2.23. The third-order valence-corrected chi connectivity index (χ3v) is 2.33. The molecule has 1 unspecified atom stereocenters. The summed E-state index contributed by atoms with van der Waals surface area (Å²) in [7, 11) is 0. The van der Waals surface area contributed by atoms with Crippen LogP contribution in [0.4, 0.5) is 0 Å². The highest BCUT2D eigenvalue weighted by atomic mass is 16.6. The van der Waals surface area contributed by atoms with Crippen LogP contribution in [-0.2, 0) is 0 Å². The molecule has 0 spiro atoms. The lowest BCUT2D eigenvalue weighted by Crippen LogP contribution is -2.22. The lowest BCUT2D eigenvalue weighted by molar-refractivity contribution is 0.0857. The van der Waals surface area contributed by atoms with Crippen LogP contribution < -0.4 is 9.47 Å². The summed E-state index contributed by atoms with van der Waals surface area (Å²) in [6.45, 7) is 0.491. The van der Waals surface area contributed by atoms with E-state index in [0.717, 1.165) is 17.3 Å². The van der Waals surface area contributed by atoms with E-state index in [1.807, 2.05) is 24.3 Å². The number of imidazole rings is 1.